The molecule has 0 aliphatic carbocycles. The van der Waals surface area contributed by atoms with Crippen molar-refractivity contribution in [3.63, 3.8) is 0 Å². The van der Waals surface area contributed by atoms with Crippen LogP contribution in [0, 0.1) is 10.1 Å². The van der Waals surface area contributed by atoms with Crippen LogP contribution in [0.3, 0.4) is 0 Å². The van der Waals surface area contributed by atoms with Crippen LogP contribution in [0.15, 0.2) is 76.8 Å². The summed E-state index contributed by atoms with van der Waals surface area (Å²) in [5, 5.41) is 13.1. The number of nitrogens with one attached hydrogen (secondary N) is 1. The van der Waals surface area contributed by atoms with Crippen LogP contribution in [0.25, 0.3) is 6.08 Å². The van der Waals surface area contributed by atoms with Crippen molar-refractivity contribution < 1.29 is 33.6 Å². The van der Waals surface area contributed by atoms with E-state index in [0.717, 1.165) is 4.90 Å². The molecule has 0 radical (unpaired) electrons. The Kier molecular flexibility index (Phi) is 7.63. The molecule has 0 aromatic heterocycles. The van der Waals surface area contributed by atoms with Gasteiger partial charge >= 0.3 is 12.0 Å². The number of urea groups is 1. The molecular formula is C26H18BrN3O8. The average Bonchev–Trinajstić information content (AvgIpc) is 2.90. The normalized spacial score (nSPS) is 14.3. The zero-order valence-corrected chi connectivity index (χ0v) is 21.3. The number of imide groups is 2. The van der Waals surface area contributed by atoms with Gasteiger partial charge in [-0.15, -0.1) is 0 Å². The average molecular weight is 580 g/mol. The van der Waals surface area contributed by atoms with Gasteiger partial charge in [0.15, 0.2) is 0 Å². The van der Waals surface area contributed by atoms with Gasteiger partial charge in [0, 0.05) is 12.1 Å². The number of hydrogen-bond donors (Lipinski definition) is 1. The molecule has 0 unspecified atom stereocenters. The molecule has 0 saturated carbocycles. The van der Waals surface area contributed by atoms with E-state index in [2.05, 4.69) is 26.0 Å². The molecule has 38 heavy (non-hydrogen) atoms. The summed E-state index contributed by atoms with van der Waals surface area (Å²) >= 11 is 3.39. The zero-order valence-electron chi connectivity index (χ0n) is 19.7. The van der Waals surface area contributed by atoms with Crippen molar-refractivity contribution in [3.05, 3.63) is 104 Å². The lowest BCUT2D eigenvalue weighted by molar-refractivity contribution is -0.384. The molecule has 4 rings (SSSR count). The third-order valence-electron chi connectivity index (χ3n) is 5.43. The third-order valence-corrected chi connectivity index (χ3v) is 6.05. The van der Waals surface area contributed by atoms with E-state index in [1.165, 1.54) is 49.6 Å². The minimum absolute atomic E-state index is 0.0468. The number of barbiturate groups is 1. The Morgan fingerprint density at radius 3 is 2.47 bits per heavy atom. The molecule has 1 aliphatic heterocycles. The van der Waals surface area contributed by atoms with E-state index in [-0.39, 0.29) is 29.1 Å². The minimum atomic E-state index is -0.922. The summed E-state index contributed by atoms with van der Waals surface area (Å²) in [6, 6.07) is 15.5. The van der Waals surface area contributed by atoms with Gasteiger partial charge in [0.2, 0.25) is 0 Å². The molecule has 1 saturated heterocycles. The molecule has 0 atom stereocenters. The molecule has 1 fully saturated rings. The molecule has 0 bridgehead atoms. The van der Waals surface area contributed by atoms with Crippen molar-refractivity contribution in [2.45, 2.75) is 6.61 Å². The van der Waals surface area contributed by atoms with Gasteiger partial charge in [-0.2, -0.15) is 0 Å². The lowest BCUT2D eigenvalue weighted by Gasteiger charge is -2.26. The third kappa shape index (κ3) is 5.60. The van der Waals surface area contributed by atoms with Crippen LogP contribution in [0.1, 0.15) is 21.5 Å². The number of non-ortho nitro benzene ring substituents is 1. The van der Waals surface area contributed by atoms with Crippen LogP contribution < -0.4 is 15.0 Å². The fraction of sp³-hybridized carbons (Fsp3) is 0.0769. The van der Waals surface area contributed by atoms with Crippen molar-refractivity contribution in [1.29, 1.82) is 0 Å². The first-order valence-corrected chi connectivity index (χ1v) is 11.7. The topological polar surface area (TPSA) is 145 Å². The summed E-state index contributed by atoms with van der Waals surface area (Å²) in [4.78, 5) is 60.9. The minimum Gasteiger partial charge on any atom is -0.488 e. The molecule has 12 heteroatoms. The number of hydrogen-bond acceptors (Lipinski definition) is 8. The number of methoxy groups -OCH3 is 1. The first kappa shape index (κ1) is 26.2. The Balaban J connectivity index is 1.53. The van der Waals surface area contributed by atoms with Gasteiger partial charge in [0.25, 0.3) is 17.5 Å². The van der Waals surface area contributed by atoms with Gasteiger partial charge in [0.1, 0.15) is 17.9 Å². The highest BCUT2D eigenvalue weighted by molar-refractivity contribution is 9.10. The summed E-state index contributed by atoms with van der Waals surface area (Å²) in [5.41, 5.74) is 1.13. The number of benzene rings is 3. The standard InChI is InChI=1S/C26H18BrN3O8/c1-37-25(33)17-6-8-18(9-7-17)29-24(32)20(23(31)28-26(29)34)12-15-5-10-22(21(27)13-15)38-14-16-3-2-4-19(11-16)30(35)36/h2-13H,14H2,1H3,(H,28,31,34)/b20-12+. The maximum atomic E-state index is 13.1. The molecule has 192 valence electrons. The first-order chi connectivity index (χ1) is 18.2. The zero-order chi connectivity index (χ0) is 27.4. The van der Waals surface area contributed by atoms with E-state index in [4.69, 9.17) is 4.74 Å². The smallest absolute Gasteiger partial charge is 0.337 e. The molecule has 11 nitrogen and oxygen atoms in total. The molecule has 1 aliphatic rings. The molecule has 1 N–H and O–H groups in total. The van der Waals surface area contributed by atoms with Crippen molar-refractivity contribution in [2.75, 3.05) is 12.0 Å². The van der Waals surface area contributed by atoms with Crippen LogP contribution in [0.2, 0.25) is 0 Å². The second-order valence-electron chi connectivity index (χ2n) is 7.90. The number of carbonyl (C=O) groups excluding carboxylic acids is 4. The van der Waals surface area contributed by atoms with Gasteiger partial charge in [0.05, 0.1) is 27.8 Å². The van der Waals surface area contributed by atoms with Gasteiger partial charge in [-0.1, -0.05) is 18.2 Å². The van der Waals surface area contributed by atoms with E-state index in [1.54, 1.807) is 30.3 Å². The van der Waals surface area contributed by atoms with Crippen molar-refractivity contribution in [2.24, 2.45) is 0 Å². The number of carbonyl (C=O) groups is 4. The number of halogens is 1. The van der Waals surface area contributed by atoms with Gasteiger partial charge in [-0.05, 0) is 69.5 Å². The summed E-state index contributed by atoms with van der Waals surface area (Å²) in [6.07, 6.45) is 1.33. The van der Waals surface area contributed by atoms with Gasteiger partial charge in [-0.3, -0.25) is 25.0 Å². The predicted molar refractivity (Wildman–Crippen MR) is 138 cm³/mol. The number of nitro benzene ring substituents is 1. The van der Waals surface area contributed by atoms with Crippen molar-refractivity contribution in [3.8, 4) is 5.75 Å². The summed E-state index contributed by atoms with van der Waals surface area (Å²) in [5.74, 6) is -1.85. The van der Waals surface area contributed by atoms with Crippen LogP contribution in [0.4, 0.5) is 16.2 Å². The van der Waals surface area contributed by atoms with Crippen molar-refractivity contribution >= 4 is 57.2 Å². The highest BCUT2D eigenvalue weighted by atomic mass is 79.9. The largest absolute Gasteiger partial charge is 0.488 e. The number of esters is 1. The molecule has 3 aromatic rings. The molecule has 1 heterocycles. The summed E-state index contributed by atoms with van der Waals surface area (Å²) in [6.45, 7) is 0.0768. The number of anilines is 1. The quantitative estimate of drug-likeness (QED) is 0.142. The Morgan fingerprint density at radius 1 is 1.08 bits per heavy atom. The Bertz CT molecular complexity index is 1500. The Morgan fingerprint density at radius 2 is 1.82 bits per heavy atom. The SMILES string of the molecule is COC(=O)c1ccc(N2C(=O)NC(=O)/C(=C\c3ccc(OCc4cccc([N+](=O)[O-])c4)c(Br)c3)C2=O)cc1. The van der Waals surface area contributed by atoms with E-state index in [9.17, 15) is 29.3 Å². The summed E-state index contributed by atoms with van der Waals surface area (Å²) in [7, 11) is 1.23. The highest BCUT2D eigenvalue weighted by Crippen LogP contribution is 2.29. The predicted octanol–water partition coefficient (Wildman–Crippen LogP) is 4.39. The van der Waals surface area contributed by atoms with Crippen LogP contribution in [0.5, 0.6) is 5.75 Å². The second-order valence-corrected chi connectivity index (χ2v) is 8.76. The van der Waals surface area contributed by atoms with E-state index in [1.807, 2.05) is 0 Å². The highest BCUT2D eigenvalue weighted by Gasteiger charge is 2.36. The lowest BCUT2D eigenvalue weighted by atomic mass is 10.1. The molecular weight excluding hydrogens is 562 g/mol. The van der Waals surface area contributed by atoms with Crippen LogP contribution >= 0.6 is 15.9 Å². The number of nitrogens with zero attached hydrogens (tertiary/aromatic N) is 2. The number of ether oxygens (including phenoxy) is 2. The van der Waals surface area contributed by atoms with E-state index < -0.39 is 28.7 Å². The maximum Gasteiger partial charge on any atom is 0.337 e. The lowest BCUT2D eigenvalue weighted by Crippen LogP contribution is -2.54. The van der Waals surface area contributed by atoms with Crippen molar-refractivity contribution in [1.82, 2.24) is 5.32 Å². The number of rotatable bonds is 7. The Labute approximate surface area is 223 Å². The molecule has 0 spiro atoms. The second kappa shape index (κ2) is 11.0. The molecule has 4 amide bonds. The maximum absolute atomic E-state index is 13.1. The fourth-order valence-electron chi connectivity index (χ4n) is 3.57. The van der Waals surface area contributed by atoms with Gasteiger partial charge in [-0.25, -0.2) is 14.5 Å². The first-order valence-electron chi connectivity index (χ1n) is 10.9. The fourth-order valence-corrected chi connectivity index (χ4v) is 4.08. The number of amides is 4. The summed E-state index contributed by atoms with van der Waals surface area (Å²) < 4.78 is 10.9. The Hall–Kier alpha value is -4.84. The van der Waals surface area contributed by atoms with Gasteiger partial charge < -0.3 is 9.47 Å². The van der Waals surface area contributed by atoms with Crippen LogP contribution in [-0.4, -0.2) is 35.8 Å². The number of nitro groups is 1. The monoisotopic (exact) mass is 579 g/mol. The van der Waals surface area contributed by atoms with E-state index in [0.29, 0.717) is 21.3 Å². The van der Waals surface area contributed by atoms with E-state index >= 15 is 0 Å². The molecule has 3 aromatic carbocycles. The van der Waals surface area contributed by atoms with Crippen LogP contribution in [-0.2, 0) is 20.9 Å².